The fourth-order valence-corrected chi connectivity index (χ4v) is 9.99. The van der Waals surface area contributed by atoms with E-state index in [-0.39, 0.29) is 47.7 Å². The lowest BCUT2D eigenvalue weighted by molar-refractivity contribution is -0.0854. The average molecular weight is 595 g/mol. The maximum absolute atomic E-state index is 11.5. The number of rotatable bonds is 11. The molecular formula is C27H46O10S2. The average Bonchev–Trinajstić information content (AvgIpc) is 3.17. The second kappa shape index (κ2) is 11.6. The van der Waals surface area contributed by atoms with Crippen LogP contribution in [0.1, 0.15) is 85.0 Å². The standard InChI is InChI=1S/C27H46O10S2/c1-17(15-28)5-4-6-18(16-36-38(30,31)32)21-9-10-22-20-8-7-19-13-24(29)25(37-39(33,34)35)14-27(19,3)23(20)11-12-26(21,22)2/h7,17-18,20-25,28-29H,4-6,8-16H2,1-3H3,(H,30,31,32)(H,33,34,35). The Morgan fingerprint density at radius 1 is 1.05 bits per heavy atom. The molecule has 3 fully saturated rings. The number of aliphatic hydroxyl groups is 2. The number of hydrogen-bond acceptors (Lipinski definition) is 8. The molecule has 4 aliphatic rings. The molecule has 3 saturated carbocycles. The van der Waals surface area contributed by atoms with Gasteiger partial charge in [-0.05, 0) is 104 Å². The van der Waals surface area contributed by atoms with Crippen LogP contribution in [-0.2, 0) is 29.2 Å². The van der Waals surface area contributed by atoms with Crippen LogP contribution in [0.4, 0.5) is 0 Å². The smallest absolute Gasteiger partial charge is 0.396 e. The van der Waals surface area contributed by atoms with Gasteiger partial charge in [0.25, 0.3) is 0 Å². The first-order valence-corrected chi connectivity index (χ1v) is 17.1. The number of aliphatic hydroxyl groups excluding tert-OH is 2. The van der Waals surface area contributed by atoms with Crippen molar-refractivity contribution in [2.24, 2.45) is 46.3 Å². The van der Waals surface area contributed by atoms with Gasteiger partial charge in [-0.1, -0.05) is 38.8 Å². The molecule has 39 heavy (non-hydrogen) atoms. The van der Waals surface area contributed by atoms with Crippen LogP contribution in [0.25, 0.3) is 0 Å². The van der Waals surface area contributed by atoms with Crippen molar-refractivity contribution in [2.45, 2.75) is 97.2 Å². The van der Waals surface area contributed by atoms with Gasteiger partial charge in [0.1, 0.15) is 6.10 Å². The zero-order valence-electron chi connectivity index (χ0n) is 23.2. The van der Waals surface area contributed by atoms with Gasteiger partial charge in [0, 0.05) is 6.61 Å². The molecule has 10 atom stereocenters. The van der Waals surface area contributed by atoms with E-state index in [2.05, 4.69) is 19.9 Å². The molecule has 4 N–H and O–H groups in total. The Morgan fingerprint density at radius 2 is 1.77 bits per heavy atom. The molecule has 0 spiro atoms. The molecule has 0 aromatic rings. The van der Waals surface area contributed by atoms with Crippen LogP contribution in [0.15, 0.2) is 11.6 Å². The molecule has 12 heteroatoms. The van der Waals surface area contributed by atoms with E-state index in [0.717, 1.165) is 56.9 Å². The van der Waals surface area contributed by atoms with E-state index in [4.69, 9.17) is 8.37 Å². The highest BCUT2D eigenvalue weighted by atomic mass is 32.3. The van der Waals surface area contributed by atoms with Gasteiger partial charge in [0.2, 0.25) is 0 Å². The van der Waals surface area contributed by atoms with Crippen LogP contribution in [0, 0.1) is 46.3 Å². The maximum Gasteiger partial charge on any atom is 0.397 e. The lowest BCUT2D eigenvalue weighted by Crippen LogP contribution is -2.54. The third-order valence-electron chi connectivity index (χ3n) is 11.0. The summed E-state index contributed by atoms with van der Waals surface area (Å²) in [5.41, 5.74) is 0.768. The minimum Gasteiger partial charge on any atom is -0.396 e. The van der Waals surface area contributed by atoms with Crippen LogP contribution in [-0.4, -0.2) is 61.6 Å². The Morgan fingerprint density at radius 3 is 2.41 bits per heavy atom. The molecule has 0 heterocycles. The van der Waals surface area contributed by atoms with Crippen molar-refractivity contribution >= 4 is 20.8 Å². The van der Waals surface area contributed by atoms with Crippen molar-refractivity contribution in [3.8, 4) is 0 Å². The van der Waals surface area contributed by atoms with Crippen LogP contribution in [0.5, 0.6) is 0 Å². The first-order valence-electron chi connectivity index (χ1n) is 14.3. The van der Waals surface area contributed by atoms with Gasteiger partial charge in [0.05, 0.1) is 12.7 Å². The summed E-state index contributed by atoms with van der Waals surface area (Å²) >= 11 is 0. The summed E-state index contributed by atoms with van der Waals surface area (Å²) in [5, 5.41) is 20.0. The van der Waals surface area contributed by atoms with Gasteiger partial charge in [-0.25, -0.2) is 8.37 Å². The molecule has 0 amide bonds. The lowest BCUT2D eigenvalue weighted by atomic mass is 9.46. The van der Waals surface area contributed by atoms with E-state index in [1.807, 2.05) is 6.92 Å². The summed E-state index contributed by atoms with van der Waals surface area (Å²) in [5.74, 6) is 1.41. The molecule has 4 aliphatic carbocycles. The predicted octanol–water partition coefficient (Wildman–Crippen LogP) is 3.96. The van der Waals surface area contributed by atoms with Crippen molar-refractivity contribution < 1.29 is 44.5 Å². The predicted molar refractivity (Wildman–Crippen MR) is 144 cm³/mol. The van der Waals surface area contributed by atoms with E-state index in [1.165, 1.54) is 0 Å². The van der Waals surface area contributed by atoms with E-state index in [9.17, 15) is 36.2 Å². The van der Waals surface area contributed by atoms with E-state index < -0.39 is 33.0 Å². The van der Waals surface area contributed by atoms with E-state index >= 15 is 0 Å². The molecule has 10 nitrogen and oxygen atoms in total. The normalized spacial score (nSPS) is 40.2. The molecule has 0 bridgehead atoms. The highest BCUT2D eigenvalue weighted by Gasteiger charge is 2.60. The van der Waals surface area contributed by atoms with Crippen LogP contribution in [0.3, 0.4) is 0 Å². The Labute approximate surface area is 233 Å². The van der Waals surface area contributed by atoms with Crippen molar-refractivity contribution in [1.82, 2.24) is 0 Å². The Balaban J connectivity index is 1.54. The van der Waals surface area contributed by atoms with Gasteiger partial charge in [-0.2, -0.15) is 16.8 Å². The van der Waals surface area contributed by atoms with Crippen LogP contribution in [0.2, 0.25) is 0 Å². The quantitative estimate of drug-likeness (QED) is 0.203. The summed E-state index contributed by atoms with van der Waals surface area (Å²) in [4.78, 5) is 0. The summed E-state index contributed by atoms with van der Waals surface area (Å²) < 4.78 is 74.2. The zero-order valence-corrected chi connectivity index (χ0v) is 24.9. The first kappa shape index (κ1) is 31.3. The molecule has 0 aliphatic heterocycles. The molecule has 0 saturated heterocycles. The van der Waals surface area contributed by atoms with Crippen LogP contribution < -0.4 is 0 Å². The minimum atomic E-state index is -4.69. The topological polar surface area (TPSA) is 168 Å². The van der Waals surface area contributed by atoms with Crippen LogP contribution >= 0.6 is 0 Å². The van der Waals surface area contributed by atoms with E-state index in [1.54, 1.807) is 0 Å². The van der Waals surface area contributed by atoms with Gasteiger partial charge < -0.3 is 10.2 Å². The van der Waals surface area contributed by atoms with Crippen molar-refractivity contribution in [3.63, 3.8) is 0 Å². The fourth-order valence-electron chi connectivity index (χ4n) is 9.13. The summed E-state index contributed by atoms with van der Waals surface area (Å²) in [6.07, 6.45) is 8.01. The maximum atomic E-state index is 11.5. The van der Waals surface area contributed by atoms with Gasteiger partial charge >= 0.3 is 20.8 Å². The Kier molecular flexibility index (Phi) is 9.31. The molecule has 226 valence electrons. The van der Waals surface area contributed by atoms with E-state index in [0.29, 0.717) is 24.7 Å². The third-order valence-corrected chi connectivity index (χ3v) is 11.9. The summed E-state index contributed by atoms with van der Waals surface area (Å²) in [7, 11) is -9.24. The number of fused-ring (bicyclic) bond motifs is 5. The summed E-state index contributed by atoms with van der Waals surface area (Å²) in [6.45, 7) is 6.50. The second-order valence-corrected chi connectivity index (χ2v) is 15.4. The third kappa shape index (κ3) is 6.74. The van der Waals surface area contributed by atoms with Gasteiger partial charge in [-0.15, -0.1) is 0 Å². The molecular weight excluding hydrogens is 548 g/mol. The van der Waals surface area contributed by atoms with Crippen molar-refractivity contribution in [3.05, 3.63) is 11.6 Å². The van der Waals surface area contributed by atoms with Gasteiger partial charge in [0.15, 0.2) is 0 Å². The number of allylic oxidation sites excluding steroid dienone is 1. The molecule has 0 radical (unpaired) electrons. The molecule has 4 rings (SSSR count). The Bertz CT molecular complexity index is 1120. The molecule has 0 aromatic carbocycles. The fraction of sp³-hybridized carbons (Fsp3) is 0.926. The minimum absolute atomic E-state index is 0.0305. The SMILES string of the molecule is CC(CO)CCCC(COS(=O)(=O)O)C1CCC2C3CC=C4CC(O)C(OS(=O)(=O)O)CC4(C)C3CCC12C. The molecule has 0 aromatic heterocycles. The second-order valence-electron chi connectivity index (χ2n) is 13.2. The summed E-state index contributed by atoms with van der Waals surface area (Å²) in [6, 6.07) is 0. The van der Waals surface area contributed by atoms with Gasteiger partial charge in [-0.3, -0.25) is 9.11 Å². The monoisotopic (exact) mass is 594 g/mol. The number of hydrogen-bond donors (Lipinski definition) is 4. The highest BCUT2D eigenvalue weighted by Crippen LogP contribution is 2.67. The van der Waals surface area contributed by atoms with Crippen molar-refractivity contribution in [2.75, 3.05) is 13.2 Å². The lowest BCUT2D eigenvalue weighted by Gasteiger charge is -2.59. The highest BCUT2D eigenvalue weighted by molar-refractivity contribution is 7.81. The molecule has 10 unspecified atom stereocenters. The van der Waals surface area contributed by atoms with Crippen molar-refractivity contribution in [1.29, 1.82) is 0 Å². The first-order chi connectivity index (χ1) is 18.1. The largest absolute Gasteiger partial charge is 0.397 e. The Hall–Kier alpha value is -0.600. The zero-order chi connectivity index (χ0) is 28.8.